The molecule has 2 rings (SSSR count). The number of aromatic nitrogens is 2. The van der Waals surface area contributed by atoms with Crippen LogP contribution in [-0.2, 0) is 4.79 Å². The Morgan fingerprint density at radius 2 is 1.88 bits per heavy atom. The van der Waals surface area contributed by atoms with Gasteiger partial charge in [-0.2, -0.15) is 0 Å². The minimum Gasteiger partial charge on any atom is -0.496 e. The highest BCUT2D eigenvalue weighted by molar-refractivity contribution is 8.00. The number of nitrogens with zero attached hydrogens (tertiary/aromatic N) is 3. The third kappa shape index (κ3) is 4.48. The van der Waals surface area contributed by atoms with Crippen molar-refractivity contribution in [1.29, 1.82) is 0 Å². The van der Waals surface area contributed by atoms with E-state index in [9.17, 15) is 14.9 Å². The van der Waals surface area contributed by atoms with Gasteiger partial charge >= 0.3 is 0 Å². The van der Waals surface area contributed by atoms with E-state index in [0.717, 1.165) is 17.0 Å². The Labute approximate surface area is 155 Å². The first kappa shape index (κ1) is 19.6. The van der Waals surface area contributed by atoms with Gasteiger partial charge in [-0.3, -0.25) is 14.9 Å². The van der Waals surface area contributed by atoms with Crippen LogP contribution in [0, 0.1) is 30.9 Å². The number of ether oxygens (including phenoxy) is 1. The van der Waals surface area contributed by atoms with Gasteiger partial charge in [0.2, 0.25) is 5.91 Å². The van der Waals surface area contributed by atoms with Gasteiger partial charge in [-0.05, 0) is 45.4 Å². The fraction of sp³-hybridized carbons (Fsp3) is 0.353. The van der Waals surface area contributed by atoms with Crippen LogP contribution in [0.5, 0.6) is 5.75 Å². The monoisotopic (exact) mass is 376 g/mol. The summed E-state index contributed by atoms with van der Waals surface area (Å²) in [6, 6.07) is 4.27. The number of nitro groups is 1. The number of nitrogens with one attached hydrogen (secondary N) is 1. The van der Waals surface area contributed by atoms with Gasteiger partial charge in [-0.15, -0.1) is 0 Å². The number of aryl methyl sites for hydroxylation is 2. The lowest BCUT2D eigenvalue weighted by molar-refractivity contribution is -0.384. The van der Waals surface area contributed by atoms with Gasteiger partial charge in [0, 0.05) is 11.4 Å². The smallest absolute Gasteiger partial charge is 0.296 e. The summed E-state index contributed by atoms with van der Waals surface area (Å²) in [5.41, 5.74) is 2.62. The van der Waals surface area contributed by atoms with E-state index in [4.69, 9.17) is 4.74 Å². The maximum atomic E-state index is 12.4. The van der Waals surface area contributed by atoms with E-state index in [1.807, 2.05) is 20.8 Å². The lowest BCUT2D eigenvalue weighted by atomic mass is 10.2. The standard InChI is InChI=1S/C17H20N4O4S/c1-9-10(2)18-17(19-11(9)3)26-12(4)16(22)20-14-7-6-13(25-5)8-15(14)21(23)24/h6-8,12H,1-5H3,(H,20,22)/t12-/m1/s1. The lowest BCUT2D eigenvalue weighted by Gasteiger charge is -2.13. The molecule has 0 bridgehead atoms. The van der Waals surface area contributed by atoms with Gasteiger partial charge in [0.1, 0.15) is 11.4 Å². The summed E-state index contributed by atoms with van der Waals surface area (Å²) >= 11 is 1.20. The molecule has 0 unspecified atom stereocenters. The van der Waals surface area contributed by atoms with Crippen LogP contribution in [0.2, 0.25) is 0 Å². The van der Waals surface area contributed by atoms with Crippen LogP contribution in [0.4, 0.5) is 11.4 Å². The van der Waals surface area contributed by atoms with Crippen molar-refractivity contribution in [3.8, 4) is 5.75 Å². The molecule has 0 aliphatic carbocycles. The van der Waals surface area contributed by atoms with E-state index in [0.29, 0.717) is 10.9 Å². The zero-order valence-electron chi connectivity index (χ0n) is 15.2. The summed E-state index contributed by atoms with van der Waals surface area (Å²) < 4.78 is 4.99. The van der Waals surface area contributed by atoms with Crippen LogP contribution >= 0.6 is 11.8 Å². The zero-order valence-corrected chi connectivity index (χ0v) is 16.0. The minimum atomic E-state index is -0.564. The molecule has 0 aliphatic rings. The molecule has 0 spiro atoms. The Morgan fingerprint density at radius 1 is 1.27 bits per heavy atom. The van der Waals surface area contributed by atoms with Crippen molar-refractivity contribution in [2.24, 2.45) is 0 Å². The Morgan fingerprint density at radius 3 is 2.42 bits per heavy atom. The molecule has 1 aromatic carbocycles. The molecule has 0 aliphatic heterocycles. The molecule has 26 heavy (non-hydrogen) atoms. The van der Waals surface area contributed by atoms with Crippen LogP contribution in [0.1, 0.15) is 23.9 Å². The van der Waals surface area contributed by atoms with Crippen LogP contribution in [0.15, 0.2) is 23.4 Å². The summed E-state index contributed by atoms with van der Waals surface area (Å²) in [5, 5.41) is 13.8. The third-order valence-corrected chi connectivity index (χ3v) is 4.88. The number of thioether (sulfide) groups is 1. The van der Waals surface area contributed by atoms with Gasteiger partial charge in [-0.25, -0.2) is 9.97 Å². The van der Waals surface area contributed by atoms with Gasteiger partial charge < -0.3 is 10.1 Å². The molecule has 9 heteroatoms. The Hall–Kier alpha value is -2.68. The number of hydrogen-bond donors (Lipinski definition) is 1. The molecule has 8 nitrogen and oxygen atoms in total. The van der Waals surface area contributed by atoms with Crippen molar-refractivity contribution < 1.29 is 14.5 Å². The minimum absolute atomic E-state index is 0.116. The van der Waals surface area contributed by atoms with Crippen molar-refractivity contribution in [2.75, 3.05) is 12.4 Å². The summed E-state index contributed by atoms with van der Waals surface area (Å²) in [5.74, 6) is -0.0288. The highest BCUT2D eigenvalue weighted by atomic mass is 32.2. The molecule has 0 saturated carbocycles. The summed E-state index contributed by atoms with van der Waals surface area (Å²) in [6.07, 6.45) is 0. The predicted molar refractivity (Wildman–Crippen MR) is 99.8 cm³/mol. The fourth-order valence-electron chi connectivity index (χ4n) is 2.14. The number of carbonyl (C=O) groups is 1. The maximum Gasteiger partial charge on any atom is 0.296 e. The quantitative estimate of drug-likeness (QED) is 0.356. The average Bonchev–Trinajstić information content (AvgIpc) is 2.59. The highest BCUT2D eigenvalue weighted by Gasteiger charge is 2.22. The van der Waals surface area contributed by atoms with Crippen LogP contribution in [0.25, 0.3) is 0 Å². The zero-order chi connectivity index (χ0) is 19.4. The molecule has 0 radical (unpaired) electrons. The van der Waals surface area contributed by atoms with E-state index in [2.05, 4.69) is 15.3 Å². The second-order valence-corrected chi connectivity index (χ2v) is 7.00. The lowest BCUT2D eigenvalue weighted by Crippen LogP contribution is -2.23. The first-order chi connectivity index (χ1) is 12.2. The van der Waals surface area contributed by atoms with Gasteiger partial charge in [-0.1, -0.05) is 11.8 Å². The molecule has 1 heterocycles. The average molecular weight is 376 g/mol. The molecule has 2 aromatic rings. The normalized spacial score (nSPS) is 11.7. The van der Waals surface area contributed by atoms with Crippen molar-refractivity contribution in [1.82, 2.24) is 9.97 Å². The molecular weight excluding hydrogens is 356 g/mol. The number of amides is 1. The molecule has 1 N–H and O–H groups in total. The summed E-state index contributed by atoms with van der Waals surface area (Å²) in [6.45, 7) is 7.42. The van der Waals surface area contributed by atoms with Crippen LogP contribution in [0.3, 0.4) is 0 Å². The Kier molecular flexibility index (Phi) is 6.14. The Bertz CT molecular complexity index is 834. The van der Waals surface area contributed by atoms with Crippen LogP contribution < -0.4 is 10.1 Å². The van der Waals surface area contributed by atoms with Gasteiger partial charge in [0.15, 0.2) is 5.16 Å². The molecule has 1 atom stereocenters. The molecule has 1 amide bonds. The number of hydrogen-bond acceptors (Lipinski definition) is 7. The number of anilines is 1. The van der Waals surface area contributed by atoms with Crippen molar-refractivity contribution in [2.45, 2.75) is 38.1 Å². The van der Waals surface area contributed by atoms with E-state index in [-0.39, 0.29) is 17.3 Å². The number of carbonyl (C=O) groups excluding carboxylic acids is 1. The number of benzene rings is 1. The second-order valence-electron chi connectivity index (χ2n) is 5.69. The SMILES string of the molecule is COc1ccc(NC(=O)[C@@H](C)Sc2nc(C)c(C)c(C)n2)c([N+](=O)[O-])c1. The van der Waals surface area contributed by atoms with Crippen molar-refractivity contribution >= 4 is 29.0 Å². The van der Waals surface area contributed by atoms with Gasteiger partial charge in [0.25, 0.3) is 5.69 Å². The second kappa shape index (κ2) is 8.13. The molecule has 0 fully saturated rings. The number of rotatable bonds is 6. The van der Waals surface area contributed by atoms with Crippen LogP contribution in [-0.4, -0.2) is 33.2 Å². The number of methoxy groups -OCH3 is 1. The molecule has 1 aromatic heterocycles. The van der Waals surface area contributed by atoms with E-state index < -0.39 is 10.2 Å². The van der Waals surface area contributed by atoms with Crippen molar-refractivity contribution in [3.05, 3.63) is 45.3 Å². The van der Waals surface area contributed by atoms with Crippen molar-refractivity contribution in [3.63, 3.8) is 0 Å². The first-order valence-corrected chi connectivity index (χ1v) is 8.72. The highest BCUT2D eigenvalue weighted by Crippen LogP contribution is 2.30. The fourth-order valence-corrected chi connectivity index (χ4v) is 3.00. The topological polar surface area (TPSA) is 107 Å². The third-order valence-electron chi connectivity index (χ3n) is 3.92. The largest absolute Gasteiger partial charge is 0.496 e. The molecular formula is C17H20N4O4S. The molecule has 0 saturated heterocycles. The number of nitro benzene ring substituents is 1. The van der Waals surface area contributed by atoms with E-state index >= 15 is 0 Å². The van der Waals surface area contributed by atoms with E-state index in [1.54, 1.807) is 13.0 Å². The van der Waals surface area contributed by atoms with Gasteiger partial charge in [0.05, 0.1) is 23.3 Å². The predicted octanol–water partition coefficient (Wildman–Crippen LogP) is 3.44. The first-order valence-electron chi connectivity index (χ1n) is 7.84. The van der Waals surface area contributed by atoms with E-state index in [1.165, 1.54) is 31.0 Å². The Balaban J connectivity index is 2.16. The summed E-state index contributed by atoms with van der Waals surface area (Å²) in [7, 11) is 1.42. The summed E-state index contributed by atoms with van der Waals surface area (Å²) in [4.78, 5) is 31.8. The maximum absolute atomic E-state index is 12.4. The molecule has 138 valence electrons.